The second-order valence-electron chi connectivity index (χ2n) is 3.65. The molecule has 0 radical (unpaired) electrons. The van der Waals surface area contributed by atoms with Crippen LogP contribution in [0.25, 0.3) is 0 Å². The van der Waals surface area contributed by atoms with Crippen molar-refractivity contribution in [3.05, 3.63) is 24.3 Å². The standard InChI is InChI=1S/C12H20N2S/c1-3-15-12-6-4-11(5-7-12)14-9-8-10(2)13/h4-7,10,14H,3,8-9,13H2,1-2H3. The van der Waals surface area contributed by atoms with Crippen molar-refractivity contribution in [3.63, 3.8) is 0 Å². The fourth-order valence-electron chi connectivity index (χ4n) is 1.28. The van der Waals surface area contributed by atoms with E-state index in [9.17, 15) is 0 Å². The molecule has 0 amide bonds. The first-order valence-corrected chi connectivity index (χ1v) is 6.43. The lowest BCUT2D eigenvalue weighted by Crippen LogP contribution is -2.19. The zero-order valence-corrected chi connectivity index (χ0v) is 10.3. The molecule has 1 aromatic rings. The third-order valence-electron chi connectivity index (χ3n) is 2.09. The van der Waals surface area contributed by atoms with Crippen LogP contribution in [0.3, 0.4) is 0 Å². The van der Waals surface area contributed by atoms with Gasteiger partial charge in [-0.2, -0.15) is 0 Å². The Labute approximate surface area is 96.6 Å². The summed E-state index contributed by atoms with van der Waals surface area (Å²) >= 11 is 1.86. The lowest BCUT2D eigenvalue weighted by Gasteiger charge is -2.08. The SMILES string of the molecule is CCSc1ccc(NCCC(C)N)cc1. The summed E-state index contributed by atoms with van der Waals surface area (Å²) in [6.45, 7) is 5.14. The van der Waals surface area contributed by atoms with Crippen LogP contribution in [-0.2, 0) is 0 Å². The first-order valence-electron chi connectivity index (χ1n) is 5.44. The molecule has 0 aromatic heterocycles. The van der Waals surface area contributed by atoms with Crippen molar-refractivity contribution in [3.8, 4) is 0 Å². The molecule has 0 heterocycles. The topological polar surface area (TPSA) is 38.0 Å². The van der Waals surface area contributed by atoms with E-state index in [4.69, 9.17) is 5.73 Å². The van der Waals surface area contributed by atoms with E-state index in [2.05, 4.69) is 36.5 Å². The van der Waals surface area contributed by atoms with E-state index in [1.165, 1.54) is 10.6 Å². The Morgan fingerprint density at radius 3 is 2.53 bits per heavy atom. The molecule has 15 heavy (non-hydrogen) atoms. The van der Waals surface area contributed by atoms with Crippen LogP contribution in [0.15, 0.2) is 29.2 Å². The molecule has 0 bridgehead atoms. The van der Waals surface area contributed by atoms with Gasteiger partial charge in [0, 0.05) is 23.2 Å². The highest BCUT2D eigenvalue weighted by Crippen LogP contribution is 2.19. The molecular formula is C12H20N2S. The molecular weight excluding hydrogens is 204 g/mol. The minimum Gasteiger partial charge on any atom is -0.385 e. The first-order chi connectivity index (χ1) is 7.22. The fourth-order valence-corrected chi connectivity index (χ4v) is 1.94. The van der Waals surface area contributed by atoms with Gasteiger partial charge in [0.05, 0.1) is 0 Å². The molecule has 1 atom stereocenters. The number of hydrogen-bond donors (Lipinski definition) is 2. The van der Waals surface area contributed by atoms with Gasteiger partial charge < -0.3 is 11.1 Å². The molecule has 0 aliphatic carbocycles. The fraction of sp³-hybridized carbons (Fsp3) is 0.500. The second-order valence-corrected chi connectivity index (χ2v) is 4.99. The van der Waals surface area contributed by atoms with Gasteiger partial charge in [-0.05, 0) is 43.4 Å². The molecule has 84 valence electrons. The Bertz CT molecular complexity index is 269. The maximum absolute atomic E-state index is 5.68. The average Bonchev–Trinajstić information content (AvgIpc) is 2.20. The lowest BCUT2D eigenvalue weighted by atomic mass is 10.2. The summed E-state index contributed by atoms with van der Waals surface area (Å²) in [6.07, 6.45) is 1.01. The second kappa shape index (κ2) is 6.75. The van der Waals surface area contributed by atoms with Crippen LogP contribution in [0, 0.1) is 0 Å². The predicted molar refractivity (Wildman–Crippen MR) is 69.6 cm³/mol. The van der Waals surface area contributed by atoms with Gasteiger partial charge in [0.2, 0.25) is 0 Å². The molecule has 3 N–H and O–H groups in total. The van der Waals surface area contributed by atoms with Gasteiger partial charge in [0.15, 0.2) is 0 Å². The quantitative estimate of drug-likeness (QED) is 0.730. The van der Waals surface area contributed by atoms with Crippen LogP contribution in [0.1, 0.15) is 20.3 Å². The Morgan fingerprint density at radius 1 is 1.33 bits per heavy atom. The zero-order chi connectivity index (χ0) is 11.1. The number of nitrogens with one attached hydrogen (secondary N) is 1. The molecule has 0 aliphatic heterocycles. The number of hydrogen-bond acceptors (Lipinski definition) is 3. The molecule has 0 saturated carbocycles. The molecule has 3 heteroatoms. The largest absolute Gasteiger partial charge is 0.385 e. The molecule has 1 aromatic carbocycles. The van der Waals surface area contributed by atoms with E-state index in [1.807, 2.05) is 18.7 Å². The van der Waals surface area contributed by atoms with Gasteiger partial charge in [-0.15, -0.1) is 11.8 Å². The summed E-state index contributed by atoms with van der Waals surface area (Å²) in [6, 6.07) is 8.83. The van der Waals surface area contributed by atoms with Crippen molar-refractivity contribution in [1.29, 1.82) is 0 Å². The van der Waals surface area contributed by atoms with Crippen molar-refractivity contribution in [2.45, 2.75) is 31.2 Å². The van der Waals surface area contributed by atoms with Crippen LogP contribution in [0.4, 0.5) is 5.69 Å². The van der Waals surface area contributed by atoms with Crippen molar-refractivity contribution in [1.82, 2.24) is 0 Å². The molecule has 2 nitrogen and oxygen atoms in total. The minimum atomic E-state index is 0.271. The molecule has 0 saturated heterocycles. The van der Waals surface area contributed by atoms with E-state index < -0.39 is 0 Å². The van der Waals surface area contributed by atoms with E-state index in [0.717, 1.165) is 18.7 Å². The molecule has 0 aliphatic rings. The molecule has 0 fully saturated rings. The van der Waals surface area contributed by atoms with Crippen molar-refractivity contribution in [2.24, 2.45) is 5.73 Å². The maximum atomic E-state index is 5.68. The summed E-state index contributed by atoms with van der Waals surface area (Å²) in [5.41, 5.74) is 6.85. The van der Waals surface area contributed by atoms with Crippen LogP contribution >= 0.6 is 11.8 Å². The normalized spacial score (nSPS) is 12.5. The summed E-state index contributed by atoms with van der Waals surface area (Å²) in [5.74, 6) is 1.12. The third-order valence-corrected chi connectivity index (χ3v) is 2.99. The average molecular weight is 224 g/mol. The highest BCUT2D eigenvalue weighted by Gasteiger charge is 1.95. The van der Waals surface area contributed by atoms with E-state index in [-0.39, 0.29) is 6.04 Å². The monoisotopic (exact) mass is 224 g/mol. The number of nitrogens with two attached hydrogens (primary N) is 1. The number of rotatable bonds is 6. The lowest BCUT2D eigenvalue weighted by molar-refractivity contribution is 0.690. The minimum absolute atomic E-state index is 0.271. The van der Waals surface area contributed by atoms with Crippen LogP contribution < -0.4 is 11.1 Å². The Morgan fingerprint density at radius 2 is 2.00 bits per heavy atom. The smallest absolute Gasteiger partial charge is 0.0340 e. The highest BCUT2D eigenvalue weighted by molar-refractivity contribution is 7.99. The molecule has 1 unspecified atom stereocenters. The van der Waals surface area contributed by atoms with Gasteiger partial charge in [-0.25, -0.2) is 0 Å². The van der Waals surface area contributed by atoms with Crippen LogP contribution in [-0.4, -0.2) is 18.3 Å². The maximum Gasteiger partial charge on any atom is 0.0340 e. The summed E-state index contributed by atoms with van der Waals surface area (Å²) < 4.78 is 0. The van der Waals surface area contributed by atoms with E-state index in [1.54, 1.807) is 0 Å². The van der Waals surface area contributed by atoms with Gasteiger partial charge in [-0.1, -0.05) is 6.92 Å². The third kappa shape index (κ3) is 5.09. The Kier molecular flexibility index (Phi) is 5.58. The van der Waals surface area contributed by atoms with Crippen molar-refractivity contribution in [2.75, 3.05) is 17.6 Å². The zero-order valence-electron chi connectivity index (χ0n) is 9.49. The number of thioether (sulfide) groups is 1. The van der Waals surface area contributed by atoms with Gasteiger partial charge >= 0.3 is 0 Å². The summed E-state index contributed by atoms with van der Waals surface area (Å²) in [7, 11) is 0. The Balaban J connectivity index is 2.36. The Hall–Kier alpha value is -0.670. The molecule has 1 rings (SSSR count). The molecule has 0 spiro atoms. The van der Waals surface area contributed by atoms with Gasteiger partial charge in [-0.3, -0.25) is 0 Å². The van der Waals surface area contributed by atoms with E-state index >= 15 is 0 Å². The van der Waals surface area contributed by atoms with Crippen LogP contribution in [0.5, 0.6) is 0 Å². The van der Waals surface area contributed by atoms with Crippen molar-refractivity contribution < 1.29 is 0 Å². The van der Waals surface area contributed by atoms with Gasteiger partial charge in [0.1, 0.15) is 0 Å². The predicted octanol–water partition coefficient (Wildman–Crippen LogP) is 2.95. The summed E-state index contributed by atoms with van der Waals surface area (Å²) in [4.78, 5) is 1.33. The van der Waals surface area contributed by atoms with E-state index in [0.29, 0.717) is 0 Å². The summed E-state index contributed by atoms with van der Waals surface area (Å²) in [5, 5.41) is 3.36. The van der Waals surface area contributed by atoms with Crippen molar-refractivity contribution >= 4 is 17.4 Å². The van der Waals surface area contributed by atoms with Gasteiger partial charge in [0.25, 0.3) is 0 Å². The first kappa shape index (κ1) is 12.4. The number of anilines is 1. The number of benzene rings is 1. The van der Waals surface area contributed by atoms with Crippen LogP contribution in [0.2, 0.25) is 0 Å². The highest BCUT2D eigenvalue weighted by atomic mass is 32.2.